The number of hydrogen-bond donors (Lipinski definition) is 1. The van der Waals surface area contributed by atoms with Crippen molar-refractivity contribution in [2.75, 3.05) is 18.5 Å². The van der Waals surface area contributed by atoms with Gasteiger partial charge in [0.25, 0.3) is 0 Å². The second kappa shape index (κ2) is 5.67. The van der Waals surface area contributed by atoms with Crippen LogP contribution in [0.5, 0.6) is 0 Å². The molecule has 0 unspecified atom stereocenters. The van der Waals surface area contributed by atoms with E-state index in [4.69, 9.17) is 23.2 Å². The maximum atomic E-state index is 11.0. The molecule has 1 N–H and O–H groups in total. The van der Waals surface area contributed by atoms with E-state index in [1.165, 1.54) is 0 Å². The average Bonchev–Trinajstić information content (AvgIpc) is 2.14. The van der Waals surface area contributed by atoms with Gasteiger partial charge in [-0.15, -0.1) is 0 Å². The van der Waals surface area contributed by atoms with Gasteiger partial charge in [-0.1, -0.05) is 0 Å². The van der Waals surface area contributed by atoms with Gasteiger partial charge in [0.2, 0.25) is 16.5 Å². The summed E-state index contributed by atoms with van der Waals surface area (Å²) < 4.78 is 4.69. The molecule has 8 heteroatoms. The van der Waals surface area contributed by atoms with E-state index in [2.05, 4.69) is 25.0 Å². The van der Waals surface area contributed by atoms with Crippen LogP contribution in [-0.2, 0) is 9.53 Å². The number of carbonyl (C=O) groups is 1. The number of carbonyl (C=O) groups excluding carboxylic acids is 1. The van der Waals surface area contributed by atoms with Crippen LogP contribution in [-0.4, -0.2) is 34.1 Å². The minimum absolute atomic E-state index is 0.0404. The summed E-state index contributed by atoms with van der Waals surface area (Å²) in [7, 11) is 0. The molecular weight excluding hydrogens is 243 g/mol. The maximum absolute atomic E-state index is 11.0. The summed E-state index contributed by atoms with van der Waals surface area (Å²) in [4.78, 5) is 21.9. The molecule has 0 bridgehead atoms. The molecule has 0 aliphatic heterocycles. The first kappa shape index (κ1) is 11.9. The molecule has 1 aromatic rings. The third-order valence-electron chi connectivity index (χ3n) is 1.28. The molecule has 15 heavy (non-hydrogen) atoms. The molecule has 0 fully saturated rings. The fraction of sp³-hybridized carbons (Fsp3) is 0.429. The number of hydrogen-bond acceptors (Lipinski definition) is 6. The van der Waals surface area contributed by atoms with E-state index in [1.54, 1.807) is 6.92 Å². The van der Waals surface area contributed by atoms with Crippen molar-refractivity contribution in [3.05, 3.63) is 10.6 Å². The molecule has 6 nitrogen and oxygen atoms in total. The van der Waals surface area contributed by atoms with Crippen molar-refractivity contribution in [2.45, 2.75) is 6.92 Å². The zero-order chi connectivity index (χ0) is 11.3. The minimum Gasteiger partial charge on any atom is -0.465 e. The van der Waals surface area contributed by atoms with Gasteiger partial charge in [-0.3, -0.25) is 4.79 Å². The van der Waals surface area contributed by atoms with Crippen LogP contribution in [0.25, 0.3) is 0 Å². The Morgan fingerprint density at radius 3 is 2.47 bits per heavy atom. The van der Waals surface area contributed by atoms with E-state index >= 15 is 0 Å². The van der Waals surface area contributed by atoms with Crippen LogP contribution in [0.15, 0.2) is 0 Å². The number of anilines is 1. The number of rotatable bonds is 4. The third kappa shape index (κ3) is 4.26. The van der Waals surface area contributed by atoms with Crippen molar-refractivity contribution < 1.29 is 9.53 Å². The highest BCUT2D eigenvalue weighted by atomic mass is 35.5. The zero-order valence-corrected chi connectivity index (χ0v) is 9.34. The highest BCUT2D eigenvalue weighted by molar-refractivity contribution is 6.31. The highest BCUT2D eigenvalue weighted by Crippen LogP contribution is 2.08. The van der Waals surface area contributed by atoms with Crippen LogP contribution in [0.2, 0.25) is 10.6 Å². The molecular formula is C7H8Cl2N4O2. The lowest BCUT2D eigenvalue weighted by atomic mass is 10.6. The third-order valence-corrected chi connectivity index (χ3v) is 1.62. The maximum Gasteiger partial charge on any atom is 0.325 e. The van der Waals surface area contributed by atoms with Crippen LogP contribution in [0.1, 0.15) is 6.92 Å². The van der Waals surface area contributed by atoms with Gasteiger partial charge in [-0.05, 0) is 30.1 Å². The fourth-order valence-electron chi connectivity index (χ4n) is 0.768. The van der Waals surface area contributed by atoms with Crippen molar-refractivity contribution >= 4 is 35.1 Å². The standard InChI is InChI=1S/C7H8Cl2N4O2/c1-2-15-4(14)3-10-7-12-5(8)11-6(9)13-7/h2-3H2,1H3,(H,10,11,12,13). The summed E-state index contributed by atoms with van der Waals surface area (Å²) in [5.41, 5.74) is 0. The first-order valence-corrected chi connectivity index (χ1v) is 4.84. The first-order chi connectivity index (χ1) is 7.11. The van der Waals surface area contributed by atoms with Crippen molar-refractivity contribution in [2.24, 2.45) is 0 Å². The number of nitrogens with zero attached hydrogens (tertiary/aromatic N) is 3. The average molecular weight is 251 g/mol. The topological polar surface area (TPSA) is 77.0 Å². The predicted octanol–water partition coefficient (Wildman–Crippen LogP) is 1.15. The molecule has 1 heterocycles. The molecule has 0 aliphatic carbocycles. The van der Waals surface area contributed by atoms with Crippen LogP contribution in [0.3, 0.4) is 0 Å². The summed E-state index contributed by atoms with van der Waals surface area (Å²) in [6, 6.07) is 0. The number of nitrogens with one attached hydrogen (secondary N) is 1. The Kier molecular flexibility index (Phi) is 4.51. The Balaban J connectivity index is 2.54. The van der Waals surface area contributed by atoms with Crippen molar-refractivity contribution in [1.29, 1.82) is 0 Å². The zero-order valence-electron chi connectivity index (χ0n) is 7.83. The Labute approximate surface area is 96.0 Å². The van der Waals surface area contributed by atoms with Crippen molar-refractivity contribution in [1.82, 2.24) is 15.0 Å². The number of aromatic nitrogens is 3. The van der Waals surface area contributed by atoms with Gasteiger partial charge in [0.1, 0.15) is 6.54 Å². The van der Waals surface area contributed by atoms with Gasteiger partial charge in [-0.25, -0.2) is 0 Å². The predicted molar refractivity (Wildman–Crippen MR) is 55.0 cm³/mol. The Morgan fingerprint density at radius 1 is 1.33 bits per heavy atom. The van der Waals surface area contributed by atoms with Gasteiger partial charge in [0, 0.05) is 0 Å². The summed E-state index contributed by atoms with van der Waals surface area (Å²) in [6.45, 7) is 1.98. The van der Waals surface area contributed by atoms with E-state index in [0.717, 1.165) is 0 Å². The highest BCUT2D eigenvalue weighted by Gasteiger charge is 2.05. The van der Waals surface area contributed by atoms with E-state index in [0.29, 0.717) is 6.61 Å². The van der Waals surface area contributed by atoms with E-state index in [-0.39, 0.29) is 23.1 Å². The summed E-state index contributed by atoms with van der Waals surface area (Å²) in [5.74, 6) is -0.279. The van der Waals surface area contributed by atoms with Crippen molar-refractivity contribution in [3.8, 4) is 0 Å². The molecule has 0 saturated heterocycles. The van der Waals surface area contributed by atoms with Crippen molar-refractivity contribution in [3.63, 3.8) is 0 Å². The quantitative estimate of drug-likeness (QED) is 0.809. The minimum atomic E-state index is -0.412. The Hall–Kier alpha value is -1.14. The summed E-state index contributed by atoms with van der Waals surface area (Å²) >= 11 is 11.0. The number of esters is 1. The molecule has 1 rings (SSSR count). The molecule has 0 amide bonds. The Morgan fingerprint density at radius 2 is 1.93 bits per heavy atom. The van der Waals surface area contributed by atoms with Gasteiger partial charge < -0.3 is 10.1 Å². The molecule has 0 aromatic carbocycles. The van der Waals surface area contributed by atoms with Gasteiger partial charge in [0.15, 0.2) is 0 Å². The lowest BCUT2D eigenvalue weighted by Crippen LogP contribution is -2.18. The molecule has 0 aliphatic rings. The van der Waals surface area contributed by atoms with E-state index in [9.17, 15) is 4.79 Å². The fourth-order valence-corrected chi connectivity index (χ4v) is 1.13. The first-order valence-electron chi connectivity index (χ1n) is 4.08. The number of ether oxygens (including phenoxy) is 1. The summed E-state index contributed by atoms with van der Waals surface area (Å²) in [5, 5.41) is 2.52. The second-order valence-electron chi connectivity index (χ2n) is 2.36. The van der Waals surface area contributed by atoms with Gasteiger partial charge >= 0.3 is 5.97 Å². The van der Waals surface area contributed by atoms with Crippen LogP contribution in [0, 0.1) is 0 Å². The van der Waals surface area contributed by atoms with Gasteiger partial charge in [-0.2, -0.15) is 15.0 Å². The molecule has 82 valence electrons. The lowest BCUT2D eigenvalue weighted by Gasteiger charge is -2.04. The Bertz CT molecular complexity index is 341. The SMILES string of the molecule is CCOC(=O)CNc1nc(Cl)nc(Cl)n1. The molecule has 0 atom stereocenters. The monoisotopic (exact) mass is 250 g/mol. The molecule has 0 radical (unpaired) electrons. The molecule has 0 saturated carbocycles. The van der Waals surface area contributed by atoms with E-state index < -0.39 is 5.97 Å². The molecule has 1 aromatic heterocycles. The largest absolute Gasteiger partial charge is 0.465 e. The van der Waals surface area contributed by atoms with Crippen LogP contribution < -0.4 is 5.32 Å². The smallest absolute Gasteiger partial charge is 0.325 e. The van der Waals surface area contributed by atoms with Crippen LogP contribution in [0.4, 0.5) is 5.95 Å². The number of halogens is 2. The van der Waals surface area contributed by atoms with E-state index in [1.807, 2.05) is 0 Å². The second-order valence-corrected chi connectivity index (χ2v) is 3.03. The van der Waals surface area contributed by atoms with Crippen LogP contribution >= 0.6 is 23.2 Å². The normalized spacial score (nSPS) is 9.80. The molecule has 0 spiro atoms. The van der Waals surface area contributed by atoms with Gasteiger partial charge in [0.05, 0.1) is 6.61 Å². The lowest BCUT2D eigenvalue weighted by molar-refractivity contribution is -0.140. The summed E-state index contributed by atoms with van der Waals surface area (Å²) in [6.07, 6.45) is 0.